The van der Waals surface area contributed by atoms with E-state index in [1.165, 1.54) is 0 Å². The quantitative estimate of drug-likeness (QED) is 0.835. The molecule has 80 valence electrons. The first-order valence-electron chi connectivity index (χ1n) is 5.15. The lowest BCUT2D eigenvalue weighted by molar-refractivity contribution is 0.337. The van der Waals surface area contributed by atoms with Crippen molar-refractivity contribution in [3.05, 3.63) is 30.2 Å². The van der Waals surface area contributed by atoms with E-state index in [4.69, 9.17) is 10.2 Å². The van der Waals surface area contributed by atoms with E-state index < -0.39 is 0 Å². The molecule has 2 rings (SSSR count). The summed E-state index contributed by atoms with van der Waals surface area (Å²) >= 11 is 0. The van der Waals surface area contributed by atoms with E-state index in [9.17, 15) is 0 Å². The van der Waals surface area contributed by atoms with Gasteiger partial charge in [-0.1, -0.05) is 26.0 Å². The molecule has 2 N–H and O–H groups in total. The fourth-order valence-electron chi connectivity index (χ4n) is 1.48. The van der Waals surface area contributed by atoms with Gasteiger partial charge in [-0.2, -0.15) is 0 Å². The standard InChI is InChI=1S/C12H16N2O/c1-12(2,8-13)7-11-14-9-5-3-4-6-10(9)15-11/h3-6H,7-8,13H2,1-2H3. The van der Waals surface area contributed by atoms with Gasteiger partial charge in [0.1, 0.15) is 5.52 Å². The average Bonchev–Trinajstić information content (AvgIpc) is 2.58. The summed E-state index contributed by atoms with van der Waals surface area (Å²) < 4.78 is 5.64. The summed E-state index contributed by atoms with van der Waals surface area (Å²) in [6.45, 7) is 4.86. The molecule has 0 aliphatic rings. The Kier molecular flexibility index (Phi) is 2.49. The molecule has 0 unspecified atom stereocenters. The summed E-state index contributed by atoms with van der Waals surface area (Å²) in [7, 11) is 0. The zero-order valence-corrected chi connectivity index (χ0v) is 9.16. The van der Waals surface area contributed by atoms with Crippen LogP contribution in [0.1, 0.15) is 19.7 Å². The molecular formula is C12H16N2O. The van der Waals surface area contributed by atoms with Gasteiger partial charge >= 0.3 is 0 Å². The van der Waals surface area contributed by atoms with E-state index in [1.54, 1.807) is 0 Å². The summed E-state index contributed by atoms with van der Waals surface area (Å²) in [6.07, 6.45) is 0.776. The van der Waals surface area contributed by atoms with Crippen LogP contribution in [-0.2, 0) is 6.42 Å². The Bertz CT molecular complexity index is 426. The van der Waals surface area contributed by atoms with Gasteiger partial charge in [0.15, 0.2) is 11.5 Å². The van der Waals surface area contributed by atoms with Crippen LogP contribution in [0.25, 0.3) is 11.1 Å². The number of hydrogen-bond acceptors (Lipinski definition) is 3. The smallest absolute Gasteiger partial charge is 0.196 e. The van der Waals surface area contributed by atoms with Crippen LogP contribution in [0, 0.1) is 5.41 Å². The van der Waals surface area contributed by atoms with Crippen LogP contribution in [0.3, 0.4) is 0 Å². The molecule has 0 fully saturated rings. The molecule has 1 aromatic carbocycles. The molecule has 1 aromatic heterocycles. The van der Waals surface area contributed by atoms with Crippen molar-refractivity contribution in [3.63, 3.8) is 0 Å². The summed E-state index contributed by atoms with van der Waals surface area (Å²) in [5.74, 6) is 0.770. The normalized spacial score (nSPS) is 12.2. The second kappa shape index (κ2) is 3.66. The zero-order valence-electron chi connectivity index (χ0n) is 9.16. The lowest BCUT2D eigenvalue weighted by Gasteiger charge is -2.19. The van der Waals surface area contributed by atoms with E-state index >= 15 is 0 Å². The minimum atomic E-state index is 0.0425. The third kappa shape index (κ3) is 2.18. The molecule has 0 aliphatic carbocycles. The summed E-state index contributed by atoms with van der Waals surface area (Å²) in [6, 6.07) is 7.80. The minimum absolute atomic E-state index is 0.0425. The molecule has 0 bridgehead atoms. The number of hydrogen-bond donors (Lipinski definition) is 1. The fourth-order valence-corrected chi connectivity index (χ4v) is 1.48. The number of nitrogens with zero attached hydrogens (tertiary/aromatic N) is 1. The van der Waals surface area contributed by atoms with Crippen LogP contribution >= 0.6 is 0 Å². The minimum Gasteiger partial charge on any atom is -0.441 e. The van der Waals surface area contributed by atoms with E-state index in [-0.39, 0.29) is 5.41 Å². The van der Waals surface area contributed by atoms with Gasteiger partial charge in [-0.3, -0.25) is 0 Å². The first-order valence-corrected chi connectivity index (χ1v) is 5.15. The van der Waals surface area contributed by atoms with Crippen molar-refractivity contribution in [1.82, 2.24) is 4.98 Å². The second-order valence-corrected chi connectivity index (χ2v) is 4.62. The average molecular weight is 204 g/mol. The molecular weight excluding hydrogens is 188 g/mol. The van der Waals surface area contributed by atoms with E-state index in [0.717, 1.165) is 23.4 Å². The summed E-state index contributed by atoms with van der Waals surface area (Å²) in [5.41, 5.74) is 7.49. The number of para-hydroxylation sites is 2. The molecule has 1 heterocycles. The van der Waals surface area contributed by atoms with Crippen molar-refractivity contribution in [2.24, 2.45) is 11.1 Å². The highest BCUT2D eigenvalue weighted by Gasteiger charge is 2.19. The van der Waals surface area contributed by atoms with E-state index in [0.29, 0.717) is 6.54 Å². The number of fused-ring (bicyclic) bond motifs is 1. The summed E-state index contributed by atoms with van der Waals surface area (Å²) in [4.78, 5) is 4.42. The molecule has 0 radical (unpaired) electrons. The Morgan fingerprint density at radius 2 is 2.07 bits per heavy atom. The lowest BCUT2D eigenvalue weighted by atomic mass is 9.90. The Balaban J connectivity index is 2.30. The van der Waals surface area contributed by atoms with Crippen molar-refractivity contribution < 1.29 is 4.42 Å². The van der Waals surface area contributed by atoms with Crippen molar-refractivity contribution in [2.75, 3.05) is 6.54 Å². The van der Waals surface area contributed by atoms with Gasteiger partial charge < -0.3 is 10.2 Å². The number of nitrogens with two attached hydrogens (primary N) is 1. The van der Waals surface area contributed by atoms with Crippen molar-refractivity contribution in [1.29, 1.82) is 0 Å². The number of benzene rings is 1. The van der Waals surface area contributed by atoms with Crippen LogP contribution in [0.15, 0.2) is 28.7 Å². The third-order valence-corrected chi connectivity index (χ3v) is 2.52. The SMILES string of the molecule is CC(C)(CN)Cc1nc2ccccc2o1. The Labute approximate surface area is 89.3 Å². The molecule has 0 amide bonds. The van der Waals surface area contributed by atoms with Gasteiger partial charge in [0, 0.05) is 6.42 Å². The maximum atomic E-state index is 5.68. The van der Waals surface area contributed by atoms with Gasteiger partial charge in [-0.25, -0.2) is 4.98 Å². The lowest BCUT2D eigenvalue weighted by Crippen LogP contribution is -2.25. The molecule has 15 heavy (non-hydrogen) atoms. The number of oxazole rings is 1. The van der Waals surface area contributed by atoms with Crippen molar-refractivity contribution >= 4 is 11.1 Å². The van der Waals surface area contributed by atoms with Crippen LogP contribution in [0.5, 0.6) is 0 Å². The summed E-state index contributed by atoms with van der Waals surface area (Å²) in [5, 5.41) is 0. The van der Waals surface area contributed by atoms with Gasteiger partial charge in [0.25, 0.3) is 0 Å². The highest BCUT2D eigenvalue weighted by molar-refractivity contribution is 5.72. The zero-order chi connectivity index (χ0) is 10.9. The molecule has 0 saturated carbocycles. The first-order chi connectivity index (χ1) is 7.11. The molecule has 0 aliphatic heterocycles. The van der Waals surface area contributed by atoms with Gasteiger partial charge in [-0.05, 0) is 24.1 Å². The third-order valence-electron chi connectivity index (χ3n) is 2.52. The van der Waals surface area contributed by atoms with Gasteiger partial charge in [-0.15, -0.1) is 0 Å². The van der Waals surface area contributed by atoms with Gasteiger partial charge in [0.05, 0.1) is 0 Å². The van der Waals surface area contributed by atoms with Crippen molar-refractivity contribution in [2.45, 2.75) is 20.3 Å². The van der Waals surface area contributed by atoms with Crippen LogP contribution in [0.2, 0.25) is 0 Å². The second-order valence-electron chi connectivity index (χ2n) is 4.62. The van der Waals surface area contributed by atoms with E-state index in [1.807, 2.05) is 24.3 Å². The van der Waals surface area contributed by atoms with Crippen LogP contribution < -0.4 is 5.73 Å². The number of rotatable bonds is 3. The monoisotopic (exact) mass is 204 g/mol. The Morgan fingerprint density at radius 1 is 1.33 bits per heavy atom. The molecule has 2 aromatic rings. The molecule has 0 saturated heterocycles. The van der Waals surface area contributed by atoms with Crippen molar-refractivity contribution in [3.8, 4) is 0 Å². The molecule has 3 heteroatoms. The fraction of sp³-hybridized carbons (Fsp3) is 0.417. The number of aromatic nitrogens is 1. The largest absolute Gasteiger partial charge is 0.441 e. The van der Waals surface area contributed by atoms with E-state index in [2.05, 4.69) is 18.8 Å². The molecule has 3 nitrogen and oxygen atoms in total. The highest BCUT2D eigenvalue weighted by atomic mass is 16.3. The first kappa shape index (κ1) is 10.2. The maximum Gasteiger partial charge on any atom is 0.196 e. The topological polar surface area (TPSA) is 52.0 Å². The Morgan fingerprint density at radius 3 is 2.73 bits per heavy atom. The predicted octanol–water partition coefficient (Wildman–Crippen LogP) is 2.36. The molecule has 0 atom stereocenters. The predicted molar refractivity (Wildman–Crippen MR) is 60.5 cm³/mol. The van der Waals surface area contributed by atoms with Crippen LogP contribution in [-0.4, -0.2) is 11.5 Å². The highest BCUT2D eigenvalue weighted by Crippen LogP contribution is 2.22. The Hall–Kier alpha value is -1.35. The van der Waals surface area contributed by atoms with Crippen LogP contribution in [0.4, 0.5) is 0 Å². The van der Waals surface area contributed by atoms with Gasteiger partial charge in [0.2, 0.25) is 0 Å². The molecule has 0 spiro atoms. The maximum absolute atomic E-state index is 5.68.